The van der Waals surface area contributed by atoms with Gasteiger partial charge in [-0.25, -0.2) is 4.79 Å². The van der Waals surface area contributed by atoms with Crippen molar-refractivity contribution in [2.24, 2.45) is 5.92 Å². The zero-order valence-electron chi connectivity index (χ0n) is 13.0. The second-order valence-electron chi connectivity index (χ2n) is 6.11. The fourth-order valence-electron chi connectivity index (χ4n) is 3.05. The molecule has 0 spiro atoms. The molecule has 0 aromatic rings. The van der Waals surface area contributed by atoms with Gasteiger partial charge in [-0.15, -0.1) is 0 Å². The molecule has 118 valence electrons. The maximum atomic E-state index is 12.2. The summed E-state index contributed by atoms with van der Waals surface area (Å²) in [7, 11) is 4.07. The molecular weight excluding hydrogens is 272 g/mol. The van der Waals surface area contributed by atoms with Crippen LogP contribution in [0.4, 0.5) is 4.79 Å². The number of hydrogen-bond donors (Lipinski definition) is 1. The molecule has 7 heteroatoms. The van der Waals surface area contributed by atoms with Crippen LogP contribution in [0.2, 0.25) is 0 Å². The van der Waals surface area contributed by atoms with Crippen LogP contribution in [0.5, 0.6) is 0 Å². The van der Waals surface area contributed by atoms with E-state index < -0.39 is 0 Å². The van der Waals surface area contributed by atoms with Crippen LogP contribution in [-0.4, -0.2) is 78.9 Å². The molecule has 2 aliphatic heterocycles. The Kier molecular flexibility index (Phi) is 4.82. The summed E-state index contributed by atoms with van der Waals surface area (Å²) in [6, 6.07) is 0.0507. The highest BCUT2D eigenvalue weighted by atomic mass is 16.2. The lowest BCUT2D eigenvalue weighted by atomic mass is 10.1. The van der Waals surface area contributed by atoms with Crippen molar-refractivity contribution in [1.82, 2.24) is 20.0 Å². The van der Waals surface area contributed by atoms with E-state index in [0.29, 0.717) is 31.3 Å². The van der Waals surface area contributed by atoms with Crippen LogP contribution in [0.1, 0.15) is 19.8 Å². The van der Waals surface area contributed by atoms with Gasteiger partial charge in [0, 0.05) is 32.1 Å². The Bertz CT molecular complexity index is 422. The number of carbonyl (C=O) groups is 3. The summed E-state index contributed by atoms with van der Waals surface area (Å²) in [5.74, 6) is 0.364. The van der Waals surface area contributed by atoms with Crippen molar-refractivity contribution < 1.29 is 14.4 Å². The number of likely N-dealkylation sites (N-methyl/N-ethyl adjacent to an activating group) is 1. The lowest BCUT2D eigenvalue weighted by Crippen LogP contribution is -2.36. The number of nitrogens with zero attached hydrogens (tertiary/aromatic N) is 3. The first-order chi connectivity index (χ1) is 9.90. The first kappa shape index (κ1) is 15.8. The Morgan fingerprint density at radius 3 is 2.57 bits per heavy atom. The van der Waals surface area contributed by atoms with Gasteiger partial charge in [0.25, 0.3) is 0 Å². The molecule has 0 saturated carbocycles. The van der Waals surface area contributed by atoms with Crippen molar-refractivity contribution in [3.63, 3.8) is 0 Å². The Hall–Kier alpha value is -1.63. The standard InChI is InChI=1S/C14H24N4O3/c1-10-8-17(9-11(10)16(2)3)12(19)5-4-6-18-13(20)7-15-14(18)21/h10-11H,4-9H2,1-3H3,(H,15,21)/t10-,11-/m0/s1. The van der Waals surface area contributed by atoms with Gasteiger partial charge in [-0.2, -0.15) is 0 Å². The first-order valence-electron chi connectivity index (χ1n) is 7.42. The number of carbonyl (C=O) groups excluding carboxylic acids is 3. The maximum absolute atomic E-state index is 12.2. The van der Waals surface area contributed by atoms with Crippen LogP contribution in [0.15, 0.2) is 0 Å². The summed E-state index contributed by atoms with van der Waals surface area (Å²) < 4.78 is 0. The van der Waals surface area contributed by atoms with Gasteiger partial charge in [0.2, 0.25) is 11.8 Å². The fraction of sp³-hybridized carbons (Fsp3) is 0.786. The predicted molar refractivity (Wildman–Crippen MR) is 77.6 cm³/mol. The third kappa shape index (κ3) is 3.53. The van der Waals surface area contributed by atoms with E-state index in [1.807, 2.05) is 19.0 Å². The van der Waals surface area contributed by atoms with Crippen LogP contribution < -0.4 is 5.32 Å². The largest absolute Gasteiger partial charge is 0.341 e. The van der Waals surface area contributed by atoms with Crippen LogP contribution in [-0.2, 0) is 9.59 Å². The fourth-order valence-corrected chi connectivity index (χ4v) is 3.05. The number of amides is 4. The van der Waals surface area contributed by atoms with Gasteiger partial charge in [-0.05, 0) is 26.4 Å². The Morgan fingerprint density at radius 1 is 1.33 bits per heavy atom. The molecular formula is C14H24N4O3. The monoisotopic (exact) mass is 296 g/mol. The van der Waals surface area contributed by atoms with Gasteiger partial charge in [0.15, 0.2) is 0 Å². The van der Waals surface area contributed by atoms with Crippen molar-refractivity contribution in [3.8, 4) is 0 Å². The third-order valence-electron chi connectivity index (χ3n) is 4.30. The van der Waals surface area contributed by atoms with Crippen molar-refractivity contribution in [2.45, 2.75) is 25.8 Å². The van der Waals surface area contributed by atoms with Crippen LogP contribution in [0, 0.1) is 5.92 Å². The Balaban J connectivity index is 1.75. The summed E-state index contributed by atoms with van der Waals surface area (Å²) in [6.45, 7) is 4.09. The molecule has 21 heavy (non-hydrogen) atoms. The van der Waals surface area contributed by atoms with Crippen molar-refractivity contribution in [2.75, 3.05) is 40.3 Å². The van der Waals surface area contributed by atoms with Crippen LogP contribution in [0.3, 0.4) is 0 Å². The van der Waals surface area contributed by atoms with Gasteiger partial charge in [-0.3, -0.25) is 14.5 Å². The van der Waals surface area contributed by atoms with Gasteiger partial charge < -0.3 is 15.1 Å². The maximum Gasteiger partial charge on any atom is 0.324 e. The van der Waals surface area contributed by atoms with Crippen molar-refractivity contribution in [3.05, 3.63) is 0 Å². The average molecular weight is 296 g/mol. The molecule has 1 N–H and O–H groups in total. The van der Waals surface area contributed by atoms with E-state index in [1.165, 1.54) is 4.90 Å². The summed E-state index contributed by atoms with van der Waals surface area (Å²) in [5.41, 5.74) is 0. The second kappa shape index (κ2) is 6.43. The van der Waals surface area contributed by atoms with Crippen LogP contribution >= 0.6 is 0 Å². The van der Waals surface area contributed by atoms with Gasteiger partial charge in [-0.1, -0.05) is 6.92 Å². The molecule has 2 rings (SSSR count). The van der Waals surface area contributed by atoms with Crippen molar-refractivity contribution in [1.29, 1.82) is 0 Å². The minimum Gasteiger partial charge on any atom is -0.341 e. The molecule has 2 fully saturated rings. The summed E-state index contributed by atoms with van der Waals surface area (Å²) in [4.78, 5) is 40.2. The summed E-state index contributed by atoms with van der Waals surface area (Å²) in [5, 5.41) is 2.47. The molecule has 2 aliphatic rings. The Morgan fingerprint density at radius 2 is 2.05 bits per heavy atom. The number of rotatable bonds is 5. The number of urea groups is 1. The number of likely N-dealkylation sites (tertiary alicyclic amines) is 1. The molecule has 0 aromatic heterocycles. The molecule has 0 aliphatic carbocycles. The minimum absolute atomic E-state index is 0.0704. The molecule has 4 amide bonds. The van der Waals surface area contributed by atoms with Crippen LogP contribution in [0.25, 0.3) is 0 Å². The quantitative estimate of drug-likeness (QED) is 0.709. The molecule has 0 unspecified atom stereocenters. The molecule has 2 atom stereocenters. The van der Waals surface area contributed by atoms with E-state index in [1.54, 1.807) is 0 Å². The lowest BCUT2D eigenvalue weighted by molar-refractivity contribution is -0.131. The SMILES string of the molecule is C[C@H]1CN(C(=O)CCCN2C(=O)CNC2=O)C[C@@H]1N(C)C. The third-order valence-corrected chi connectivity index (χ3v) is 4.30. The van der Waals surface area contributed by atoms with Crippen molar-refractivity contribution >= 4 is 17.8 Å². The molecule has 7 nitrogen and oxygen atoms in total. The number of hydrogen-bond acceptors (Lipinski definition) is 4. The van der Waals surface area contributed by atoms with E-state index in [4.69, 9.17) is 0 Å². The van der Waals surface area contributed by atoms with Gasteiger partial charge in [0.05, 0.1) is 6.54 Å². The number of imide groups is 1. The highest BCUT2D eigenvalue weighted by Gasteiger charge is 2.33. The zero-order chi connectivity index (χ0) is 15.6. The van der Waals surface area contributed by atoms with E-state index >= 15 is 0 Å². The van der Waals surface area contributed by atoms with E-state index in [-0.39, 0.29) is 24.4 Å². The Labute approximate surface area is 125 Å². The molecule has 0 bridgehead atoms. The number of nitrogens with one attached hydrogen (secondary N) is 1. The first-order valence-corrected chi connectivity index (χ1v) is 7.42. The zero-order valence-corrected chi connectivity index (χ0v) is 13.0. The molecule has 2 heterocycles. The average Bonchev–Trinajstić information content (AvgIpc) is 2.95. The van der Waals surface area contributed by atoms with Gasteiger partial charge >= 0.3 is 6.03 Å². The molecule has 0 radical (unpaired) electrons. The molecule has 0 aromatic carbocycles. The topological polar surface area (TPSA) is 73.0 Å². The van der Waals surface area contributed by atoms with E-state index in [9.17, 15) is 14.4 Å². The van der Waals surface area contributed by atoms with E-state index in [0.717, 1.165) is 13.1 Å². The van der Waals surface area contributed by atoms with E-state index in [2.05, 4.69) is 17.1 Å². The molecule has 2 saturated heterocycles. The summed E-state index contributed by atoms with van der Waals surface area (Å²) in [6.07, 6.45) is 0.902. The minimum atomic E-state index is -0.352. The second-order valence-corrected chi connectivity index (χ2v) is 6.11. The predicted octanol–water partition coefficient (Wildman–Crippen LogP) is -0.273. The highest BCUT2D eigenvalue weighted by Crippen LogP contribution is 2.20. The highest BCUT2D eigenvalue weighted by molar-refractivity contribution is 6.01. The smallest absolute Gasteiger partial charge is 0.324 e. The summed E-state index contributed by atoms with van der Waals surface area (Å²) >= 11 is 0. The lowest BCUT2D eigenvalue weighted by Gasteiger charge is -2.22. The van der Waals surface area contributed by atoms with Gasteiger partial charge in [0.1, 0.15) is 0 Å². The normalized spacial score (nSPS) is 25.9.